The van der Waals surface area contributed by atoms with Gasteiger partial charge in [0.25, 0.3) is 5.91 Å². The molecule has 0 aliphatic heterocycles. The largest absolute Gasteiger partial charge is 0.455 e. The van der Waals surface area contributed by atoms with Gasteiger partial charge in [0.2, 0.25) is 0 Å². The Labute approximate surface area is 113 Å². The molecule has 1 saturated carbocycles. The van der Waals surface area contributed by atoms with Crippen LogP contribution in [0.5, 0.6) is 0 Å². The van der Waals surface area contributed by atoms with E-state index in [1.807, 2.05) is 30.3 Å². The second-order valence-corrected chi connectivity index (χ2v) is 4.85. The van der Waals surface area contributed by atoms with E-state index in [9.17, 15) is 9.59 Å². The summed E-state index contributed by atoms with van der Waals surface area (Å²) in [5, 5.41) is 2.73. The molecule has 1 fully saturated rings. The van der Waals surface area contributed by atoms with E-state index >= 15 is 0 Å². The summed E-state index contributed by atoms with van der Waals surface area (Å²) >= 11 is 0. The molecule has 4 nitrogen and oxygen atoms in total. The molecule has 1 N–H and O–H groups in total. The number of carbonyl (C=O) groups excluding carboxylic acids is 2. The van der Waals surface area contributed by atoms with Gasteiger partial charge in [0.15, 0.2) is 6.61 Å². The normalized spacial score (nSPS) is 15.2. The van der Waals surface area contributed by atoms with Gasteiger partial charge in [-0.3, -0.25) is 9.59 Å². The van der Waals surface area contributed by atoms with Gasteiger partial charge in [0.05, 0.1) is 5.92 Å². The maximum Gasteiger partial charge on any atom is 0.309 e. The van der Waals surface area contributed by atoms with E-state index in [4.69, 9.17) is 4.74 Å². The van der Waals surface area contributed by atoms with E-state index in [1.165, 1.54) is 0 Å². The van der Waals surface area contributed by atoms with E-state index in [1.54, 1.807) is 0 Å². The first-order chi connectivity index (χ1) is 9.25. The molecule has 102 valence electrons. The summed E-state index contributed by atoms with van der Waals surface area (Å²) in [5.41, 5.74) is 1.03. The topological polar surface area (TPSA) is 55.4 Å². The lowest BCUT2D eigenvalue weighted by molar-refractivity contribution is -0.152. The Hall–Kier alpha value is -1.84. The van der Waals surface area contributed by atoms with Gasteiger partial charge in [0, 0.05) is 6.54 Å². The van der Waals surface area contributed by atoms with Gasteiger partial charge in [0.1, 0.15) is 0 Å². The predicted molar refractivity (Wildman–Crippen MR) is 71.2 cm³/mol. The molecule has 1 aromatic rings. The first-order valence-electron chi connectivity index (χ1n) is 6.73. The zero-order valence-corrected chi connectivity index (χ0v) is 10.9. The standard InChI is InChI=1S/C15H19NO3/c17-14(16-10-12-6-2-1-3-7-12)11-19-15(18)13-8-4-5-9-13/h1-3,6-7,13H,4-5,8-11H2,(H,16,17). The molecule has 0 spiro atoms. The third-order valence-electron chi connectivity index (χ3n) is 3.37. The smallest absolute Gasteiger partial charge is 0.309 e. The molecule has 0 saturated heterocycles. The Bertz CT molecular complexity index is 424. The number of esters is 1. The number of hydrogen-bond acceptors (Lipinski definition) is 3. The minimum atomic E-state index is -0.254. The summed E-state index contributed by atoms with van der Waals surface area (Å²) in [6.45, 7) is 0.281. The maximum atomic E-state index is 11.6. The van der Waals surface area contributed by atoms with Gasteiger partial charge in [-0.2, -0.15) is 0 Å². The molecule has 0 unspecified atom stereocenters. The van der Waals surface area contributed by atoms with Gasteiger partial charge in [-0.1, -0.05) is 43.2 Å². The highest BCUT2D eigenvalue weighted by Gasteiger charge is 2.24. The van der Waals surface area contributed by atoms with Crippen molar-refractivity contribution in [1.82, 2.24) is 5.32 Å². The van der Waals surface area contributed by atoms with Crippen molar-refractivity contribution in [2.75, 3.05) is 6.61 Å². The molecule has 0 heterocycles. The highest BCUT2D eigenvalue weighted by molar-refractivity contribution is 5.81. The average molecular weight is 261 g/mol. The van der Waals surface area contributed by atoms with Crippen LogP contribution in [0.25, 0.3) is 0 Å². The van der Waals surface area contributed by atoms with E-state index in [0.717, 1.165) is 31.2 Å². The monoisotopic (exact) mass is 261 g/mol. The quantitative estimate of drug-likeness (QED) is 0.825. The Morgan fingerprint density at radius 3 is 2.53 bits per heavy atom. The van der Waals surface area contributed by atoms with Crippen LogP contribution in [-0.4, -0.2) is 18.5 Å². The van der Waals surface area contributed by atoms with Crippen molar-refractivity contribution in [1.29, 1.82) is 0 Å². The van der Waals surface area contributed by atoms with Crippen molar-refractivity contribution >= 4 is 11.9 Å². The molecular formula is C15H19NO3. The van der Waals surface area contributed by atoms with Gasteiger partial charge >= 0.3 is 5.97 Å². The van der Waals surface area contributed by atoms with E-state index in [-0.39, 0.29) is 24.4 Å². The van der Waals surface area contributed by atoms with Crippen molar-refractivity contribution in [2.45, 2.75) is 32.2 Å². The minimum Gasteiger partial charge on any atom is -0.455 e. The highest BCUT2D eigenvalue weighted by Crippen LogP contribution is 2.25. The molecule has 1 amide bonds. The number of nitrogens with one attached hydrogen (secondary N) is 1. The third kappa shape index (κ3) is 4.39. The van der Waals surface area contributed by atoms with Crippen LogP contribution in [0.15, 0.2) is 30.3 Å². The number of carbonyl (C=O) groups is 2. The summed E-state index contributed by atoms with van der Waals surface area (Å²) in [7, 11) is 0. The van der Waals surface area contributed by atoms with Crippen LogP contribution >= 0.6 is 0 Å². The fourth-order valence-electron chi connectivity index (χ4n) is 2.26. The minimum absolute atomic E-state index is 0.00178. The van der Waals surface area contributed by atoms with Crippen molar-refractivity contribution in [3.05, 3.63) is 35.9 Å². The Morgan fingerprint density at radius 1 is 1.16 bits per heavy atom. The van der Waals surface area contributed by atoms with Crippen LogP contribution in [0.2, 0.25) is 0 Å². The lowest BCUT2D eigenvalue weighted by Gasteiger charge is -2.09. The average Bonchev–Trinajstić information content (AvgIpc) is 2.98. The van der Waals surface area contributed by atoms with Crippen molar-refractivity contribution in [3.63, 3.8) is 0 Å². The zero-order chi connectivity index (χ0) is 13.5. The van der Waals surface area contributed by atoms with Crippen LogP contribution in [-0.2, 0) is 20.9 Å². The summed E-state index contributed by atoms with van der Waals surface area (Å²) in [5.74, 6) is -0.482. The first-order valence-corrected chi connectivity index (χ1v) is 6.73. The second-order valence-electron chi connectivity index (χ2n) is 4.85. The highest BCUT2D eigenvalue weighted by atomic mass is 16.5. The van der Waals surface area contributed by atoms with Gasteiger partial charge < -0.3 is 10.1 Å². The van der Waals surface area contributed by atoms with E-state index in [2.05, 4.69) is 5.32 Å². The zero-order valence-electron chi connectivity index (χ0n) is 10.9. The molecule has 19 heavy (non-hydrogen) atoms. The van der Waals surface area contributed by atoms with Crippen molar-refractivity contribution in [2.24, 2.45) is 5.92 Å². The summed E-state index contributed by atoms with van der Waals surface area (Å²) in [6.07, 6.45) is 3.95. The molecule has 0 aromatic heterocycles. The SMILES string of the molecule is O=C(COC(=O)C1CCCC1)NCc1ccccc1. The van der Waals surface area contributed by atoms with Crippen molar-refractivity contribution in [3.8, 4) is 0 Å². The number of rotatable bonds is 5. The van der Waals surface area contributed by atoms with E-state index < -0.39 is 0 Å². The fraction of sp³-hybridized carbons (Fsp3) is 0.467. The van der Waals surface area contributed by atoms with Crippen LogP contribution in [0, 0.1) is 5.92 Å². The molecule has 0 atom stereocenters. The fourth-order valence-corrected chi connectivity index (χ4v) is 2.26. The maximum absolute atomic E-state index is 11.6. The third-order valence-corrected chi connectivity index (χ3v) is 3.37. The first kappa shape index (κ1) is 13.6. The second kappa shape index (κ2) is 6.92. The Morgan fingerprint density at radius 2 is 1.84 bits per heavy atom. The number of ether oxygens (including phenoxy) is 1. The summed E-state index contributed by atoms with van der Waals surface area (Å²) < 4.78 is 5.03. The van der Waals surface area contributed by atoms with Crippen LogP contribution < -0.4 is 5.32 Å². The summed E-state index contributed by atoms with van der Waals surface area (Å²) in [6, 6.07) is 9.63. The molecule has 0 radical (unpaired) electrons. The van der Waals surface area contributed by atoms with Crippen LogP contribution in [0.1, 0.15) is 31.2 Å². The molecule has 4 heteroatoms. The van der Waals surface area contributed by atoms with Gasteiger partial charge in [-0.05, 0) is 18.4 Å². The number of hydrogen-bond donors (Lipinski definition) is 1. The molecule has 1 aromatic carbocycles. The molecule has 1 aliphatic rings. The lowest BCUT2D eigenvalue weighted by Crippen LogP contribution is -2.29. The molecular weight excluding hydrogens is 242 g/mol. The Kier molecular flexibility index (Phi) is 4.95. The van der Waals surface area contributed by atoms with E-state index in [0.29, 0.717) is 6.54 Å². The lowest BCUT2D eigenvalue weighted by atomic mass is 10.1. The van der Waals surface area contributed by atoms with Crippen molar-refractivity contribution < 1.29 is 14.3 Å². The van der Waals surface area contributed by atoms with Gasteiger partial charge in [-0.25, -0.2) is 0 Å². The van der Waals surface area contributed by atoms with Crippen LogP contribution in [0.4, 0.5) is 0 Å². The number of benzene rings is 1. The Balaban J connectivity index is 1.65. The predicted octanol–water partition coefficient (Wildman–Crippen LogP) is 2.04. The number of amides is 1. The van der Waals surface area contributed by atoms with Gasteiger partial charge in [-0.15, -0.1) is 0 Å². The molecule has 1 aliphatic carbocycles. The van der Waals surface area contributed by atoms with Crippen LogP contribution in [0.3, 0.4) is 0 Å². The molecule has 0 bridgehead atoms. The summed E-state index contributed by atoms with van der Waals surface area (Å²) in [4.78, 5) is 23.2. The molecule has 2 rings (SSSR count).